The molecule has 1 fully saturated rings. The van der Waals surface area contributed by atoms with Gasteiger partial charge in [0.2, 0.25) is 10.0 Å². The smallest absolute Gasteiger partial charge is 0.475 e. The van der Waals surface area contributed by atoms with Crippen molar-refractivity contribution in [3.63, 3.8) is 0 Å². The van der Waals surface area contributed by atoms with Crippen molar-refractivity contribution in [2.75, 3.05) is 25.0 Å². The third-order valence-electron chi connectivity index (χ3n) is 6.27. The van der Waals surface area contributed by atoms with E-state index >= 15 is 0 Å². The molecule has 42 heavy (non-hydrogen) atoms. The van der Waals surface area contributed by atoms with Gasteiger partial charge in [-0.1, -0.05) is 32.3 Å². The number of carbonyl (C=O) groups excluding carboxylic acids is 1. The maximum absolute atomic E-state index is 12.9. The topological polar surface area (TPSA) is 116 Å². The molecule has 3 N–H and O–H groups in total. The van der Waals surface area contributed by atoms with Crippen LogP contribution in [0.3, 0.4) is 0 Å². The minimum Gasteiger partial charge on any atom is -0.475 e. The van der Waals surface area contributed by atoms with Gasteiger partial charge >= 0.3 is 18.3 Å². The lowest BCUT2D eigenvalue weighted by Gasteiger charge is -2.24. The number of likely N-dealkylation sites (tertiary alicyclic amines) is 1. The van der Waals surface area contributed by atoms with Crippen molar-refractivity contribution in [3.05, 3.63) is 59.7 Å². The molecule has 1 aliphatic rings. The minimum absolute atomic E-state index is 0.0000409. The number of anilines is 1. The van der Waals surface area contributed by atoms with Crippen molar-refractivity contribution >= 4 is 27.6 Å². The Kier molecular flexibility index (Phi) is 12.8. The number of benzene rings is 2. The summed E-state index contributed by atoms with van der Waals surface area (Å²) in [6.45, 7) is 4.75. The van der Waals surface area contributed by atoms with Crippen LogP contribution in [0.4, 0.5) is 32.0 Å². The van der Waals surface area contributed by atoms with Crippen LogP contribution >= 0.6 is 0 Å². The van der Waals surface area contributed by atoms with E-state index in [-0.39, 0.29) is 22.2 Å². The summed E-state index contributed by atoms with van der Waals surface area (Å²) in [5.41, 5.74) is -0.733. The molecule has 15 heteroatoms. The summed E-state index contributed by atoms with van der Waals surface area (Å²) in [6, 6.07) is 9.50. The number of hydrogen-bond donors (Lipinski definition) is 3. The van der Waals surface area contributed by atoms with E-state index in [1.165, 1.54) is 36.4 Å². The van der Waals surface area contributed by atoms with Gasteiger partial charge in [-0.05, 0) is 74.8 Å². The van der Waals surface area contributed by atoms with E-state index in [4.69, 9.17) is 9.90 Å². The summed E-state index contributed by atoms with van der Waals surface area (Å²) >= 11 is 0. The zero-order valence-corrected chi connectivity index (χ0v) is 23.6. The zero-order valence-electron chi connectivity index (χ0n) is 22.8. The molecule has 0 spiro atoms. The van der Waals surface area contributed by atoms with E-state index in [9.17, 15) is 39.6 Å². The number of sulfonamides is 1. The number of aliphatic carboxylic acids is 1. The number of carboxylic acid groups (broad SMARTS) is 1. The fourth-order valence-electron chi connectivity index (χ4n) is 4.15. The van der Waals surface area contributed by atoms with Crippen molar-refractivity contribution in [3.8, 4) is 0 Å². The number of carbonyl (C=O) groups is 2. The molecule has 1 unspecified atom stereocenters. The summed E-state index contributed by atoms with van der Waals surface area (Å²) in [5, 5.41) is 9.54. The SMILES string of the molecule is CCCCCN1CCCCC(NS(=O)(=O)c2ccc(C(=O)Nc3cccc(C(F)(F)F)c3)cc2)C1.O=C(O)C(F)(F)F. The van der Waals surface area contributed by atoms with E-state index in [2.05, 4.69) is 21.9 Å². The van der Waals surface area contributed by atoms with Crippen LogP contribution in [0.5, 0.6) is 0 Å². The third-order valence-corrected chi connectivity index (χ3v) is 7.81. The first kappa shape index (κ1) is 35.0. The van der Waals surface area contributed by atoms with Gasteiger partial charge in [-0.25, -0.2) is 17.9 Å². The first-order valence-electron chi connectivity index (χ1n) is 13.2. The fourth-order valence-corrected chi connectivity index (χ4v) is 5.42. The molecule has 1 heterocycles. The largest absolute Gasteiger partial charge is 0.490 e. The molecular formula is C27H33F6N3O5S. The first-order valence-corrected chi connectivity index (χ1v) is 14.6. The molecule has 234 valence electrons. The number of nitrogens with one attached hydrogen (secondary N) is 2. The molecule has 0 bridgehead atoms. The molecule has 1 amide bonds. The maximum Gasteiger partial charge on any atom is 0.490 e. The molecular weight excluding hydrogens is 592 g/mol. The summed E-state index contributed by atoms with van der Waals surface area (Å²) < 4.78 is 99.1. The molecule has 0 saturated carbocycles. The van der Waals surface area contributed by atoms with Crippen LogP contribution in [-0.2, 0) is 21.0 Å². The van der Waals surface area contributed by atoms with Crippen LogP contribution in [0, 0.1) is 0 Å². The number of hydrogen-bond acceptors (Lipinski definition) is 5. The van der Waals surface area contributed by atoms with Crippen molar-refractivity contribution in [2.45, 2.75) is 68.7 Å². The van der Waals surface area contributed by atoms with Crippen LogP contribution in [0.15, 0.2) is 53.4 Å². The Morgan fingerprint density at radius 3 is 2.21 bits per heavy atom. The molecule has 3 rings (SSSR count). The quantitative estimate of drug-likeness (QED) is 0.236. The zero-order chi connectivity index (χ0) is 31.6. The second-order valence-corrected chi connectivity index (χ2v) is 11.4. The summed E-state index contributed by atoms with van der Waals surface area (Å²) in [4.78, 5) is 23.7. The molecule has 2 aromatic rings. The number of amides is 1. The van der Waals surface area contributed by atoms with Gasteiger partial charge in [-0.15, -0.1) is 0 Å². The van der Waals surface area contributed by atoms with E-state index in [1.807, 2.05) is 0 Å². The fraction of sp³-hybridized carbons (Fsp3) is 0.481. The van der Waals surface area contributed by atoms with E-state index < -0.39 is 39.8 Å². The van der Waals surface area contributed by atoms with Gasteiger partial charge in [0.15, 0.2) is 0 Å². The van der Waals surface area contributed by atoms with Crippen LogP contribution in [0.2, 0.25) is 0 Å². The lowest BCUT2D eigenvalue weighted by molar-refractivity contribution is -0.192. The molecule has 8 nitrogen and oxygen atoms in total. The van der Waals surface area contributed by atoms with Crippen LogP contribution in [0.25, 0.3) is 0 Å². The van der Waals surface area contributed by atoms with Crippen molar-refractivity contribution in [1.82, 2.24) is 9.62 Å². The van der Waals surface area contributed by atoms with Gasteiger partial charge in [0.1, 0.15) is 0 Å². The Morgan fingerprint density at radius 1 is 1.00 bits per heavy atom. The van der Waals surface area contributed by atoms with Crippen molar-refractivity contribution in [1.29, 1.82) is 0 Å². The number of unbranched alkanes of at least 4 members (excludes halogenated alkanes) is 2. The Bertz CT molecular complexity index is 1280. The number of nitrogens with zero attached hydrogens (tertiary/aromatic N) is 1. The van der Waals surface area contributed by atoms with Gasteiger partial charge in [-0.3, -0.25) is 4.79 Å². The van der Waals surface area contributed by atoms with Crippen molar-refractivity contribution < 1.29 is 49.5 Å². The standard InChI is InChI=1S/C25H32F3N3O3S.C2HF3O2/c1-2-3-5-15-31-16-6-4-9-22(18-31)30-35(33,34)23-13-11-19(12-14-23)24(32)29-21-10-7-8-20(17-21)25(26,27)28;3-2(4,5)1(6)7/h7-8,10-14,17,22,30H,2-6,9,15-16,18H2,1H3,(H,29,32);(H,6,7). The second-order valence-electron chi connectivity index (χ2n) is 9.68. The lowest BCUT2D eigenvalue weighted by Crippen LogP contribution is -2.42. The van der Waals surface area contributed by atoms with Crippen LogP contribution in [0.1, 0.15) is 61.4 Å². The highest BCUT2D eigenvalue weighted by molar-refractivity contribution is 7.89. The monoisotopic (exact) mass is 625 g/mol. The van der Waals surface area contributed by atoms with E-state index in [0.29, 0.717) is 6.54 Å². The highest BCUT2D eigenvalue weighted by Gasteiger charge is 2.38. The van der Waals surface area contributed by atoms with E-state index in [0.717, 1.165) is 63.7 Å². The average molecular weight is 626 g/mol. The predicted molar refractivity (Wildman–Crippen MR) is 143 cm³/mol. The summed E-state index contributed by atoms with van der Waals surface area (Å²) in [7, 11) is -3.78. The molecule has 1 atom stereocenters. The predicted octanol–water partition coefficient (Wildman–Crippen LogP) is 5.91. The molecule has 2 aromatic carbocycles. The van der Waals surface area contributed by atoms with Crippen LogP contribution < -0.4 is 10.0 Å². The highest BCUT2D eigenvalue weighted by Crippen LogP contribution is 2.30. The van der Waals surface area contributed by atoms with Gasteiger partial charge in [0, 0.05) is 23.8 Å². The normalized spacial score (nSPS) is 16.6. The van der Waals surface area contributed by atoms with Gasteiger partial charge in [0.05, 0.1) is 10.5 Å². The number of rotatable bonds is 9. The Labute approximate surface area is 240 Å². The van der Waals surface area contributed by atoms with Crippen LogP contribution in [-0.4, -0.2) is 62.2 Å². The highest BCUT2D eigenvalue weighted by atomic mass is 32.2. The minimum atomic E-state index is -5.08. The second kappa shape index (κ2) is 15.3. The van der Waals surface area contributed by atoms with Gasteiger partial charge in [0.25, 0.3) is 5.91 Å². The average Bonchev–Trinajstić information content (AvgIpc) is 3.13. The Morgan fingerprint density at radius 2 is 1.64 bits per heavy atom. The third kappa shape index (κ3) is 11.6. The van der Waals surface area contributed by atoms with E-state index in [1.54, 1.807) is 0 Å². The number of alkyl halides is 6. The first-order chi connectivity index (χ1) is 19.5. The van der Waals surface area contributed by atoms with Crippen molar-refractivity contribution in [2.24, 2.45) is 0 Å². The Hall–Kier alpha value is -3.17. The number of halogens is 6. The maximum atomic E-state index is 12.9. The number of carboxylic acids is 1. The molecule has 0 aromatic heterocycles. The molecule has 0 radical (unpaired) electrons. The lowest BCUT2D eigenvalue weighted by atomic mass is 10.1. The summed E-state index contributed by atoms with van der Waals surface area (Å²) in [6.07, 6.45) is -3.46. The molecule has 1 saturated heterocycles. The van der Waals surface area contributed by atoms with Gasteiger partial charge < -0.3 is 15.3 Å². The molecule has 0 aliphatic carbocycles. The summed E-state index contributed by atoms with van der Waals surface area (Å²) in [5.74, 6) is -3.39. The Balaban J connectivity index is 0.000000782. The molecule has 1 aliphatic heterocycles. The van der Waals surface area contributed by atoms with Gasteiger partial charge in [-0.2, -0.15) is 26.3 Å².